The monoisotopic (exact) mass is 268 g/mol. The lowest BCUT2D eigenvalue weighted by molar-refractivity contribution is 0.0719. The number of nitrogens with zero attached hydrogens (tertiary/aromatic N) is 1. The van der Waals surface area contributed by atoms with Crippen LogP contribution in [0.4, 0.5) is 10.1 Å². The quantitative estimate of drug-likeness (QED) is 0.839. The number of hydrogen-bond donors (Lipinski definition) is 1. The van der Waals surface area contributed by atoms with Gasteiger partial charge in [-0.3, -0.25) is 4.79 Å². The van der Waals surface area contributed by atoms with Crippen molar-refractivity contribution in [3.05, 3.63) is 23.5 Å². The highest BCUT2D eigenvalue weighted by atomic mass is 19.1. The third-order valence-electron chi connectivity index (χ3n) is 3.32. The van der Waals surface area contributed by atoms with Crippen LogP contribution < -0.4 is 10.5 Å². The van der Waals surface area contributed by atoms with E-state index < -0.39 is 5.82 Å². The molecule has 0 aliphatic carbocycles. The molecule has 5 nitrogen and oxygen atoms in total. The molecule has 1 fully saturated rings. The van der Waals surface area contributed by atoms with Crippen molar-refractivity contribution in [2.75, 3.05) is 33.0 Å². The predicted octanol–water partition coefficient (Wildman–Crippen LogP) is 1.28. The summed E-state index contributed by atoms with van der Waals surface area (Å²) >= 11 is 0. The SMILES string of the molecule is COc1cc(C(=O)N2CCC(OC)C2)c(F)cc1N. The van der Waals surface area contributed by atoms with Gasteiger partial charge in [-0.2, -0.15) is 0 Å². The summed E-state index contributed by atoms with van der Waals surface area (Å²) in [6.07, 6.45) is 0.776. The van der Waals surface area contributed by atoms with Crippen LogP contribution in [0.2, 0.25) is 0 Å². The van der Waals surface area contributed by atoms with Crippen LogP contribution in [-0.4, -0.2) is 44.2 Å². The minimum absolute atomic E-state index is 0.0164. The molecule has 1 aliphatic heterocycles. The van der Waals surface area contributed by atoms with E-state index in [0.29, 0.717) is 18.8 Å². The molecule has 1 aliphatic rings. The van der Waals surface area contributed by atoms with E-state index in [1.54, 1.807) is 12.0 Å². The summed E-state index contributed by atoms with van der Waals surface area (Å²) in [4.78, 5) is 13.8. The molecule has 1 saturated heterocycles. The highest BCUT2D eigenvalue weighted by Crippen LogP contribution is 2.26. The number of benzene rings is 1. The number of halogens is 1. The molecule has 2 rings (SSSR count). The predicted molar refractivity (Wildman–Crippen MR) is 68.7 cm³/mol. The number of nitrogen functional groups attached to an aromatic ring is 1. The number of amides is 1. The van der Waals surface area contributed by atoms with Crippen LogP contribution in [0.1, 0.15) is 16.8 Å². The zero-order valence-corrected chi connectivity index (χ0v) is 11.0. The second-order valence-corrected chi connectivity index (χ2v) is 4.47. The number of anilines is 1. The van der Waals surface area contributed by atoms with Crippen LogP contribution in [0.3, 0.4) is 0 Å². The fraction of sp³-hybridized carbons (Fsp3) is 0.462. The highest BCUT2D eigenvalue weighted by Gasteiger charge is 2.28. The lowest BCUT2D eigenvalue weighted by Gasteiger charge is -2.17. The van der Waals surface area contributed by atoms with Gasteiger partial charge in [0, 0.05) is 26.3 Å². The highest BCUT2D eigenvalue weighted by molar-refractivity contribution is 5.95. The Hall–Kier alpha value is -1.82. The molecule has 104 valence electrons. The van der Waals surface area contributed by atoms with Gasteiger partial charge in [0.1, 0.15) is 11.6 Å². The van der Waals surface area contributed by atoms with Crippen LogP contribution >= 0.6 is 0 Å². The summed E-state index contributed by atoms with van der Waals surface area (Å²) in [5, 5.41) is 0. The zero-order chi connectivity index (χ0) is 14.0. The Morgan fingerprint density at radius 1 is 1.47 bits per heavy atom. The molecule has 0 spiro atoms. The Bertz CT molecular complexity index is 493. The second-order valence-electron chi connectivity index (χ2n) is 4.47. The van der Waals surface area contributed by atoms with Crippen molar-refractivity contribution in [1.29, 1.82) is 0 Å². The lowest BCUT2D eigenvalue weighted by Crippen LogP contribution is -2.30. The molecular formula is C13H17FN2O3. The largest absolute Gasteiger partial charge is 0.495 e. The van der Waals surface area contributed by atoms with Gasteiger partial charge in [0.15, 0.2) is 0 Å². The first-order chi connectivity index (χ1) is 9.06. The molecule has 0 aromatic heterocycles. The molecule has 1 aromatic rings. The van der Waals surface area contributed by atoms with Gasteiger partial charge in [-0.1, -0.05) is 0 Å². The average molecular weight is 268 g/mol. The standard InChI is InChI=1S/C13H17FN2O3/c1-18-8-3-4-16(7-8)13(17)9-5-12(19-2)11(15)6-10(9)14/h5-6,8H,3-4,7,15H2,1-2H3. The van der Waals surface area contributed by atoms with Crippen molar-refractivity contribution in [3.8, 4) is 5.75 Å². The first kappa shape index (κ1) is 13.6. The zero-order valence-electron chi connectivity index (χ0n) is 11.0. The summed E-state index contributed by atoms with van der Waals surface area (Å²) in [6.45, 7) is 1.03. The third-order valence-corrected chi connectivity index (χ3v) is 3.32. The van der Waals surface area contributed by atoms with E-state index in [-0.39, 0.29) is 23.3 Å². The normalized spacial score (nSPS) is 18.7. The third kappa shape index (κ3) is 2.63. The Morgan fingerprint density at radius 2 is 2.21 bits per heavy atom. The van der Waals surface area contributed by atoms with E-state index in [0.717, 1.165) is 12.5 Å². The summed E-state index contributed by atoms with van der Waals surface area (Å²) in [7, 11) is 3.03. The topological polar surface area (TPSA) is 64.8 Å². The van der Waals surface area contributed by atoms with Gasteiger partial charge < -0.3 is 20.1 Å². The van der Waals surface area contributed by atoms with Crippen molar-refractivity contribution in [3.63, 3.8) is 0 Å². The van der Waals surface area contributed by atoms with Crippen molar-refractivity contribution in [2.24, 2.45) is 0 Å². The van der Waals surface area contributed by atoms with Crippen molar-refractivity contribution in [1.82, 2.24) is 4.90 Å². The van der Waals surface area contributed by atoms with Gasteiger partial charge in [-0.15, -0.1) is 0 Å². The summed E-state index contributed by atoms with van der Waals surface area (Å²) in [6, 6.07) is 2.45. The Labute approximate surface area is 111 Å². The molecule has 1 amide bonds. The number of methoxy groups -OCH3 is 2. The molecule has 2 N–H and O–H groups in total. The fourth-order valence-corrected chi connectivity index (χ4v) is 2.18. The van der Waals surface area contributed by atoms with E-state index in [1.807, 2.05) is 0 Å². The van der Waals surface area contributed by atoms with Crippen LogP contribution in [0.15, 0.2) is 12.1 Å². The van der Waals surface area contributed by atoms with E-state index in [1.165, 1.54) is 13.2 Å². The smallest absolute Gasteiger partial charge is 0.257 e. The number of carbonyl (C=O) groups excluding carboxylic acids is 1. The van der Waals surface area contributed by atoms with Gasteiger partial charge >= 0.3 is 0 Å². The van der Waals surface area contributed by atoms with Gasteiger partial charge in [0.25, 0.3) is 5.91 Å². The molecule has 19 heavy (non-hydrogen) atoms. The fourth-order valence-electron chi connectivity index (χ4n) is 2.18. The molecular weight excluding hydrogens is 251 g/mol. The van der Waals surface area contributed by atoms with Crippen molar-refractivity contribution < 1.29 is 18.7 Å². The van der Waals surface area contributed by atoms with Crippen LogP contribution in [0.5, 0.6) is 5.75 Å². The van der Waals surface area contributed by atoms with E-state index in [2.05, 4.69) is 0 Å². The summed E-state index contributed by atoms with van der Waals surface area (Å²) < 4.78 is 24.0. The Kier molecular flexibility index (Phi) is 3.90. The van der Waals surface area contributed by atoms with Crippen LogP contribution in [0, 0.1) is 5.82 Å². The number of nitrogens with two attached hydrogens (primary N) is 1. The maximum Gasteiger partial charge on any atom is 0.257 e. The average Bonchev–Trinajstić information content (AvgIpc) is 2.87. The number of ether oxygens (including phenoxy) is 2. The Balaban J connectivity index is 2.24. The maximum absolute atomic E-state index is 13.8. The number of likely N-dealkylation sites (tertiary alicyclic amines) is 1. The molecule has 0 bridgehead atoms. The van der Waals surface area contributed by atoms with E-state index in [4.69, 9.17) is 15.2 Å². The molecule has 1 unspecified atom stereocenters. The first-order valence-corrected chi connectivity index (χ1v) is 6.02. The Morgan fingerprint density at radius 3 is 2.79 bits per heavy atom. The number of hydrogen-bond acceptors (Lipinski definition) is 4. The van der Waals surface area contributed by atoms with Crippen molar-refractivity contribution >= 4 is 11.6 Å². The molecule has 0 saturated carbocycles. The number of carbonyl (C=O) groups is 1. The molecule has 0 radical (unpaired) electrons. The van der Waals surface area contributed by atoms with Gasteiger partial charge in [0.05, 0.1) is 24.5 Å². The van der Waals surface area contributed by atoms with E-state index in [9.17, 15) is 9.18 Å². The summed E-state index contributed by atoms with van der Waals surface area (Å²) in [5.74, 6) is -0.702. The van der Waals surface area contributed by atoms with Gasteiger partial charge in [-0.05, 0) is 12.5 Å². The molecule has 6 heteroatoms. The summed E-state index contributed by atoms with van der Waals surface area (Å²) in [5.41, 5.74) is 5.74. The van der Waals surface area contributed by atoms with E-state index >= 15 is 0 Å². The lowest BCUT2D eigenvalue weighted by atomic mass is 10.1. The second kappa shape index (κ2) is 5.44. The molecule has 1 heterocycles. The minimum Gasteiger partial charge on any atom is -0.495 e. The van der Waals surface area contributed by atoms with Gasteiger partial charge in [-0.25, -0.2) is 4.39 Å². The number of rotatable bonds is 3. The first-order valence-electron chi connectivity index (χ1n) is 6.02. The molecule has 1 aromatic carbocycles. The van der Waals surface area contributed by atoms with Gasteiger partial charge in [0.2, 0.25) is 0 Å². The molecule has 1 atom stereocenters. The van der Waals surface area contributed by atoms with Crippen LogP contribution in [-0.2, 0) is 4.74 Å². The van der Waals surface area contributed by atoms with Crippen LogP contribution in [0.25, 0.3) is 0 Å². The minimum atomic E-state index is -0.635. The maximum atomic E-state index is 13.8. The van der Waals surface area contributed by atoms with Crippen molar-refractivity contribution in [2.45, 2.75) is 12.5 Å².